The number of carbonyl (C=O) groups excluding carboxylic acids is 1. The summed E-state index contributed by atoms with van der Waals surface area (Å²) in [6, 6.07) is 4.19. The smallest absolute Gasteiger partial charge is 0.257 e. The van der Waals surface area contributed by atoms with E-state index in [1.54, 1.807) is 19.2 Å². The molecule has 3 N–H and O–H groups in total. The van der Waals surface area contributed by atoms with Gasteiger partial charge in [0.05, 0.1) is 17.3 Å². The zero-order chi connectivity index (χ0) is 15.5. The lowest BCUT2D eigenvalue weighted by Gasteiger charge is -2.12. The number of nitrogens with zero attached hydrogens (tertiary/aromatic N) is 2. The zero-order valence-corrected chi connectivity index (χ0v) is 12.3. The second-order valence-corrected chi connectivity index (χ2v) is 6.13. The molecule has 2 aromatic heterocycles. The molecule has 8 nitrogen and oxygen atoms in total. The number of nitrogens with one attached hydrogen (secondary N) is 3. The van der Waals surface area contributed by atoms with Crippen LogP contribution in [-0.4, -0.2) is 36.6 Å². The van der Waals surface area contributed by atoms with Crippen LogP contribution in [0.2, 0.25) is 0 Å². The Hall–Kier alpha value is -2.26. The van der Waals surface area contributed by atoms with Gasteiger partial charge >= 0.3 is 0 Å². The topological polar surface area (TPSA) is 117 Å². The summed E-state index contributed by atoms with van der Waals surface area (Å²) in [5, 5.41) is 9.19. The number of aromatic nitrogens is 3. The third-order valence-electron chi connectivity index (χ3n) is 2.88. The van der Waals surface area contributed by atoms with Crippen LogP contribution in [0, 0.1) is 0 Å². The molecule has 1 atom stereocenters. The molecule has 0 saturated carbocycles. The fourth-order valence-electron chi connectivity index (χ4n) is 1.64. The van der Waals surface area contributed by atoms with Gasteiger partial charge in [-0.1, -0.05) is 0 Å². The summed E-state index contributed by atoms with van der Waals surface area (Å²) < 4.78 is 25.2. The molecule has 9 heteroatoms. The molecule has 0 aliphatic rings. The van der Waals surface area contributed by atoms with Gasteiger partial charge in [-0.05, 0) is 32.2 Å². The lowest BCUT2D eigenvalue weighted by Crippen LogP contribution is -2.27. The van der Waals surface area contributed by atoms with Crippen molar-refractivity contribution in [2.45, 2.75) is 18.0 Å². The van der Waals surface area contributed by atoms with Gasteiger partial charge in [0.1, 0.15) is 0 Å². The molecule has 0 fully saturated rings. The van der Waals surface area contributed by atoms with Crippen LogP contribution in [0.5, 0.6) is 0 Å². The Morgan fingerprint density at radius 3 is 2.62 bits per heavy atom. The average Bonchev–Trinajstić information content (AvgIpc) is 3.01. The molecule has 0 aromatic carbocycles. The number of rotatable bonds is 5. The minimum atomic E-state index is -3.61. The molecular weight excluding hydrogens is 294 g/mol. The summed E-state index contributed by atoms with van der Waals surface area (Å²) >= 11 is 0. The maximum absolute atomic E-state index is 12.0. The normalized spacial score (nSPS) is 12.9. The van der Waals surface area contributed by atoms with E-state index in [2.05, 4.69) is 25.2 Å². The molecule has 0 bridgehead atoms. The Labute approximate surface area is 122 Å². The highest BCUT2D eigenvalue weighted by molar-refractivity contribution is 7.89. The Bertz CT molecular complexity index is 710. The SMILES string of the molecule is CNS(=O)(=O)c1ccc(C(=O)NC(C)c2ccn[nH]2)cn1. The Balaban J connectivity index is 2.10. The molecule has 0 spiro atoms. The zero-order valence-electron chi connectivity index (χ0n) is 11.5. The minimum absolute atomic E-state index is 0.136. The van der Waals surface area contributed by atoms with Gasteiger partial charge in [-0.15, -0.1) is 0 Å². The maximum Gasteiger partial charge on any atom is 0.257 e. The van der Waals surface area contributed by atoms with Crippen LogP contribution in [0.15, 0.2) is 35.6 Å². The molecule has 2 aromatic rings. The van der Waals surface area contributed by atoms with E-state index >= 15 is 0 Å². The maximum atomic E-state index is 12.0. The van der Waals surface area contributed by atoms with Crippen molar-refractivity contribution in [2.75, 3.05) is 7.05 Å². The van der Waals surface area contributed by atoms with E-state index in [4.69, 9.17) is 0 Å². The average molecular weight is 309 g/mol. The van der Waals surface area contributed by atoms with Crippen molar-refractivity contribution in [1.29, 1.82) is 0 Å². The highest BCUT2D eigenvalue weighted by Gasteiger charge is 2.16. The molecule has 0 aliphatic carbocycles. The van der Waals surface area contributed by atoms with Crippen molar-refractivity contribution in [3.63, 3.8) is 0 Å². The fraction of sp³-hybridized carbons (Fsp3) is 0.250. The van der Waals surface area contributed by atoms with Gasteiger partial charge in [0, 0.05) is 12.4 Å². The summed E-state index contributed by atoms with van der Waals surface area (Å²) in [5.74, 6) is -0.349. The summed E-state index contributed by atoms with van der Waals surface area (Å²) in [7, 11) is -2.31. The third-order valence-corrected chi connectivity index (χ3v) is 4.21. The van der Waals surface area contributed by atoms with Crippen LogP contribution in [-0.2, 0) is 10.0 Å². The van der Waals surface area contributed by atoms with E-state index in [1.165, 1.54) is 25.4 Å². The van der Waals surface area contributed by atoms with E-state index in [-0.39, 0.29) is 22.5 Å². The van der Waals surface area contributed by atoms with Crippen molar-refractivity contribution in [1.82, 2.24) is 25.2 Å². The number of carbonyl (C=O) groups is 1. The molecule has 21 heavy (non-hydrogen) atoms. The molecule has 2 rings (SSSR count). The lowest BCUT2D eigenvalue weighted by molar-refractivity contribution is 0.0938. The number of hydrogen-bond donors (Lipinski definition) is 3. The molecule has 1 amide bonds. The van der Waals surface area contributed by atoms with Crippen LogP contribution >= 0.6 is 0 Å². The fourth-order valence-corrected chi connectivity index (χ4v) is 2.29. The molecule has 0 radical (unpaired) electrons. The van der Waals surface area contributed by atoms with Gasteiger partial charge in [0.15, 0.2) is 5.03 Å². The van der Waals surface area contributed by atoms with Crippen molar-refractivity contribution in [3.8, 4) is 0 Å². The van der Waals surface area contributed by atoms with E-state index in [0.29, 0.717) is 0 Å². The van der Waals surface area contributed by atoms with E-state index in [1.807, 2.05) is 0 Å². The Morgan fingerprint density at radius 1 is 1.33 bits per heavy atom. The first kappa shape index (κ1) is 15.1. The number of hydrogen-bond acceptors (Lipinski definition) is 5. The highest BCUT2D eigenvalue weighted by Crippen LogP contribution is 2.10. The largest absolute Gasteiger partial charge is 0.344 e. The Kier molecular flexibility index (Phi) is 4.34. The quantitative estimate of drug-likeness (QED) is 0.729. The van der Waals surface area contributed by atoms with E-state index in [9.17, 15) is 13.2 Å². The van der Waals surface area contributed by atoms with Crippen molar-refractivity contribution in [3.05, 3.63) is 41.9 Å². The number of sulfonamides is 1. The summed E-state index contributed by atoms with van der Waals surface area (Å²) in [4.78, 5) is 15.8. The second-order valence-electron chi connectivity index (χ2n) is 4.30. The summed E-state index contributed by atoms with van der Waals surface area (Å²) in [6.45, 7) is 1.80. The van der Waals surface area contributed by atoms with Gasteiger partial charge in [0.2, 0.25) is 0 Å². The third kappa shape index (κ3) is 3.44. The predicted molar refractivity (Wildman–Crippen MR) is 75.0 cm³/mol. The van der Waals surface area contributed by atoms with E-state index in [0.717, 1.165) is 5.69 Å². The van der Waals surface area contributed by atoms with Crippen molar-refractivity contribution < 1.29 is 13.2 Å². The highest BCUT2D eigenvalue weighted by atomic mass is 32.2. The molecule has 0 aliphatic heterocycles. The van der Waals surface area contributed by atoms with Crippen LogP contribution in [0.3, 0.4) is 0 Å². The lowest BCUT2D eigenvalue weighted by atomic mass is 10.2. The van der Waals surface area contributed by atoms with Gasteiger partial charge in [-0.3, -0.25) is 9.89 Å². The number of amides is 1. The van der Waals surface area contributed by atoms with Crippen LogP contribution in [0.1, 0.15) is 29.0 Å². The number of H-pyrrole nitrogens is 1. The van der Waals surface area contributed by atoms with Gasteiger partial charge in [0.25, 0.3) is 15.9 Å². The van der Waals surface area contributed by atoms with E-state index < -0.39 is 10.0 Å². The number of aromatic amines is 1. The van der Waals surface area contributed by atoms with Gasteiger partial charge in [-0.25, -0.2) is 18.1 Å². The second kappa shape index (κ2) is 6.02. The first-order valence-electron chi connectivity index (χ1n) is 6.14. The van der Waals surface area contributed by atoms with Crippen LogP contribution in [0.25, 0.3) is 0 Å². The molecule has 1 unspecified atom stereocenters. The Morgan fingerprint density at radius 2 is 2.10 bits per heavy atom. The standard InChI is InChI=1S/C12H15N5O3S/c1-8(10-5-6-15-17-10)16-12(18)9-3-4-11(14-7-9)21(19,20)13-2/h3-8,13H,1-2H3,(H,15,17)(H,16,18). The predicted octanol–water partition coefficient (Wildman–Crippen LogP) is 0.204. The van der Waals surface area contributed by atoms with Gasteiger partial charge < -0.3 is 5.32 Å². The first-order chi connectivity index (χ1) is 9.94. The molecular formula is C12H15N5O3S. The van der Waals surface area contributed by atoms with Crippen LogP contribution in [0.4, 0.5) is 0 Å². The molecule has 112 valence electrons. The first-order valence-corrected chi connectivity index (χ1v) is 7.62. The summed E-state index contributed by atoms with van der Waals surface area (Å²) in [5.41, 5.74) is 1.04. The number of pyridine rings is 1. The minimum Gasteiger partial charge on any atom is -0.344 e. The van der Waals surface area contributed by atoms with Crippen molar-refractivity contribution >= 4 is 15.9 Å². The summed E-state index contributed by atoms with van der Waals surface area (Å²) in [6.07, 6.45) is 2.82. The van der Waals surface area contributed by atoms with Crippen molar-refractivity contribution in [2.24, 2.45) is 0 Å². The monoisotopic (exact) mass is 309 g/mol. The molecule has 0 saturated heterocycles. The molecule has 2 heterocycles. The van der Waals surface area contributed by atoms with Gasteiger partial charge in [-0.2, -0.15) is 5.10 Å². The van der Waals surface area contributed by atoms with Crippen LogP contribution < -0.4 is 10.0 Å².